The van der Waals surface area contributed by atoms with E-state index in [0.717, 1.165) is 6.07 Å². The van der Waals surface area contributed by atoms with Crippen LogP contribution in [-0.2, 0) is 0 Å². The molecule has 1 rings (SSSR count). The zero-order valence-electron chi connectivity index (χ0n) is 10.2. The number of amides is 1. The summed E-state index contributed by atoms with van der Waals surface area (Å²) in [6.07, 6.45) is 0. The fourth-order valence-electron chi connectivity index (χ4n) is 1.36. The Morgan fingerprint density at radius 3 is 2.56 bits per heavy atom. The number of hydrogen-bond acceptors (Lipinski definition) is 4. The zero-order chi connectivity index (χ0) is 13.8. The van der Waals surface area contributed by atoms with Crippen molar-refractivity contribution >= 4 is 5.91 Å². The first-order valence-corrected chi connectivity index (χ1v) is 5.34. The normalized spacial score (nSPS) is 11.2. The highest BCUT2D eigenvalue weighted by Crippen LogP contribution is 2.21. The lowest BCUT2D eigenvalue weighted by Gasteiger charge is -2.26. The Morgan fingerprint density at radius 1 is 1.44 bits per heavy atom. The number of carbonyl (C=O) groups is 1. The zero-order valence-corrected chi connectivity index (χ0v) is 10.2. The molecule has 0 aliphatic rings. The molecule has 0 aliphatic carbocycles. The molecule has 0 atom stereocenters. The van der Waals surface area contributed by atoms with Crippen molar-refractivity contribution in [3.63, 3.8) is 0 Å². The minimum absolute atomic E-state index is 0.0886. The lowest BCUT2D eigenvalue weighted by molar-refractivity contribution is 0.0717. The third-order valence-electron chi connectivity index (χ3n) is 2.54. The molecule has 100 valence electrons. The second-order valence-corrected chi connectivity index (χ2v) is 4.15. The van der Waals surface area contributed by atoms with Crippen LogP contribution in [0.1, 0.15) is 17.3 Å². The molecule has 0 heterocycles. The number of ether oxygens (including phenoxy) is 1. The van der Waals surface area contributed by atoms with E-state index in [0.29, 0.717) is 0 Å². The molecule has 0 bridgehead atoms. The molecule has 0 saturated carbocycles. The van der Waals surface area contributed by atoms with Gasteiger partial charge in [0.2, 0.25) is 0 Å². The van der Waals surface area contributed by atoms with Crippen LogP contribution in [0.3, 0.4) is 0 Å². The van der Waals surface area contributed by atoms with Gasteiger partial charge in [-0.1, -0.05) is 6.07 Å². The van der Waals surface area contributed by atoms with Crippen LogP contribution in [0.15, 0.2) is 18.2 Å². The van der Waals surface area contributed by atoms with Gasteiger partial charge in [-0.05, 0) is 19.1 Å². The Labute approximate surface area is 104 Å². The smallest absolute Gasteiger partial charge is 0.258 e. The van der Waals surface area contributed by atoms with Crippen LogP contribution >= 0.6 is 0 Å². The van der Waals surface area contributed by atoms with Gasteiger partial charge in [-0.25, -0.2) is 4.39 Å². The van der Waals surface area contributed by atoms with Crippen molar-refractivity contribution in [1.29, 1.82) is 0 Å². The van der Waals surface area contributed by atoms with Gasteiger partial charge in [0.05, 0.1) is 25.9 Å². The lowest BCUT2D eigenvalue weighted by atomic mass is 10.0. The Morgan fingerprint density at radius 2 is 2.06 bits per heavy atom. The minimum atomic E-state index is -1.22. The van der Waals surface area contributed by atoms with Crippen molar-refractivity contribution in [2.24, 2.45) is 0 Å². The van der Waals surface area contributed by atoms with E-state index in [1.165, 1.54) is 26.2 Å². The summed E-state index contributed by atoms with van der Waals surface area (Å²) in [5.41, 5.74) is -1.47. The van der Waals surface area contributed by atoms with Crippen LogP contribution in [0.4, 0.5) is 4.39 Å². The maximum atomic E-state index is 13.6. The molecular weight excluding hydrogens is 241 g/mol. The summed E-state index contributed by atoms with van der Waals surface area (Å²) < 4.78 is 18.5. The van der Waals surface area contributed by atoms with Crippen molar-refractivity contribution in [3.05, 3.63) is 29.6 Å². The lowest BCUT2D eigenvalue weighted by Crippen LogP contribution is -2.52. The van der Waals surface area contributed by atoms with Gasteiger partial charge in [0, 0.05) is 0 Å². The van der Waals surface area contributed by atoms with Gasteiger partial charge in [0.15, 0.2) is 0 Å². The van der Waals surface area contributed by atoms with Crippen molar-refractivity contribution in [2.45, 2.75) is 12.5 Å². The Hall–Kier alpha value is -1.66. The van der Waals surface area contributed by atoms with Crippen LogP contribution in [0.2, 0.25) is 0 Å². The SMILES string of the molecule is COc1cccc(F)c1C(=O)NC(C)(CO)CO. The predicted octanol–water partition coefficient (Wildman–Crippen LogP) is 0.307. The number of benzene rings is 1. The van der Waals surface area contributed by atoms with Crippen molar-refractivity contribution in [3.8, 4) is 5.75 Å². The minimum Gasteiger partial charge on any atom is -0.496 e. The summed E-state index contributed by atoms with van der Waals surface area (Å²) in [5.74, 6) is -1.40. The maximum Gasteiger partial charge on any atom is 0.258 e. The molecule has 0 aromatic heterocycles. The average Bonchev–Trinajstić information content (AvgIpc) is 2.37. The third-order valence-corrected chi connectivity index (χ3v) is 2.54. The molecule has 0 unspecified atom stereocenters. The summed E-state index contributed by atoms with van der Waals surface area (Å²) >= 11 is 0. The van der Waals surface area contributed by atoms with Gasteiger partial charge in [0.25, 0.3) is 5.91 Å². The van der Waals surface area contributed by atoms with Gasteiger partial charge in [-0.2, -0.15) is 0 Å². The third kappa shape index (κ3) is 2.96. The van der Waals surface area contributed by atoms with Crippen molar-refractivity contribution < 1.29 is 24.1 Å². The van der Waals surface area contributed by atoms with E-state index < -0.39 is 30.5 Å². The van der Waals surface area contributed by atoms with Crippen LogP contribution < -0.4 is 10.1 Å². The van der Waals surface area contributed by atoms with Gasteiger partial charge in [0.1, 0.15) is 17.1 Å². The van der Waals surface area contributed by atoms with Gasteiger partial charge < -0.3 is 20.3 Å². The number of aliphatic hydroxyl groups excluding tert-OH is 2. The van der Waals surface area contributed by atoms with Crippen LogP contribution in [0, 0.1) is 5.82 Å². The molecule has 0 saturated heterocycles. The van der Waals surface area contributed by atoms with E-state index in [9.17, 15) is 9.18 Å². The number of halogens is 1. The second kappa shape index (κ2) is 5.79. The van der Waals surface area contributed by atoms with E-state index in [2.05, 4.69) is 5.32 Å². The molecule has 5 nitrogen and oxygen atoms in total. The standard InChI is InChI=1S/C12H16FNO4/c1-12(6-15,7-16)14-11(17)10-8(13)4-3-5-9(10)18-2/h3-5,15-16H,6-7H2,1-2H3,(H,14,17). The van der Waals surface area contributed by atoms with Gasteiger partial charge >= 0.3 is 0 Å². The molecule has 3 N–H and O–H groups in total. The molecule has 18 heavy (non-hydrogen) atoms. The number of rotatable bonds is 5. The predicted molar refractivity (Wildman–Crippen MR) is 63.0 cm³/mol. The second-order valence-electron chi connectivity index (χ2n) is 4.15. The maximum absolute atomic E-state index is 13.6. The molecule has 0 fully saturated rings. The summed E-state index contributed by atoms with van der Waals surface area (Å²) in [6.45, 7) is 0.510. The highest BCUT2D eigenvalue weighted by atomic mass is 19.1. The van der Waals surface area contributed by atoms with Gasteiger partial charge in [-0.3, -0.25) is 4.79 Å². The molecule has 0 aliphatic heterocycles. The highest BCUT2D eigenvalue weighted by Gasteiger charge is 2.28. The first kappa shape index (κ1) is 14.4. The molecule has 0 spiro atoms. The number of methoxy groups -OCH3 is 1. The fourth-order valence-corrected chi connectivity index (χ4v) is 1.36. The summed E-state index contributed by atoms with van der Waals surface area (Å²) in [5, 5.41) is 20.5. The number of hydrogen-bond donors (Lipinski definition) is 3. The molecular formula is C12H16FNO4. The van der Waals surface area contributed by atoms with Crippen molar-refractivity contribution in [1.82, 2.24) is 5.32 Å². The van der Waals surface area contributed by atoms with Crippen LogP contribution in [0.25, 0.3) is 0 Å². The number of nitrogens with one attached hydrogen (secondary N) is 1. The van der Waals surface area contributed by atoms with Crippen LogP contribution in [-0.4, -0.2) is 42.0 Å². The molecule has 1 aromatic carbocycles. The monoisotopic (exact) mass is 257 g/mol. The van der Waals surface area contributed by atoms with E-state index in [4.69, 9.17) is 14.9 Å². The van der Waals surface area contributed by atoms with E-state index in [1.54, 1.807) is 0 Å². The van der Waals surface area contributed by atoms with Gasteiger partial charge in [-0.15, -0.1) is 0 Å². The Kier molecular flexibility index (Phi) is 4.63. The highest BCUT2D eigenvalue weighted by molar-refractivity contribution is 5.97. The molecule has 1 amide bonds. The topological polar surface area (TPSA) is 78.8 Å². The Balaban J connectivity index is 3.04. The summed E-state index contributed by atoms with van der Waals surface area (Å²) in [6, 6.07) is 4.00. The molecule has 1 aromatic rings. The van der Waals surface area contributed by atoms with Crippen molar-refractivity contribution in [2.75, 3.05) is 20.3 Å². The number of carbonyl (C=O) groups excluding carboxylic acids is 1. The average molecular weight is 257 g/mol. The molecule has 6 heteroatoms. The molecule has 0 radical (unpaired) electrons. The largest absolute Gasteiger partial charge is 0.496 e. The first-order valence-electron chi connectivity index (χ1n) is 5.34. The first-order chi connectivity index (χ1) is 8.47. The van der Waals surface area contributed by atoms with Crippen LogP contribution in [0.5, 0.6) is 5.75 Å². The van der Waals surface area contributed by atoms with E-state index in [-0.39, 0.29) is 11.3 Å². The summed E-state index contributed by atoms with van der Waals surface area (Å²) in [4.78, 5) is 11.9. The fraction of sp³-hybridized carbons (Fsp3) is 0.417. The Bertz CT molecular complexity index is 432. The number of aliphatic hydroxyl groups is 2. The quantitative estimate of drug-likeness (QED) is 0.709. The van der Waals surface area contributed by atoms with E-state index >= 15 is 0 Å². The summed E-state index contributed by atoms with van der Waals surface area (Å²) in [7, 11) is 1.32. The van der Waals surface area contributed by atoms with E-state index in [1.807, 2.05) is 0 Å².